The van der Waals surface area contributed by atoms with Crippen LogP contribution in [0.25, 0.3) is 17.0 Å². The standard InChI is InChI=1S/C21H20ClN5O3S/c22-14-8-15(31-11-14)2-4-19(29)27-6-5-26(21(30)18(27)10-28)9-13-1-3-16-17(7-13)24-12-25-20(16)23/h1-4,7-8,11-12,18,28H,5-6,9-10H2,(H2,23,24,25)/b4-2+. The summed E-state index contributed by atoms with van der Waals surface area (Å²) in [4.78, 5) is 37.7. The van der Waals surface area contributed by atoms with Crippen LogP contribution in [0.2, 0.25) is 5.02 Å². The van der Waals surface area contributed by atoms with Gasteiger partial charge in [-0.3, -0.25) is 9.59 Å². The Morgan fingerprint density at radius 2 is 2.16 bits per heavy atom. The van der Waals surface area contributed by atoms with E-state index < -0.39 is 12.6 Å². The number of carbonyl (C=O) groups is 2. The number of hydrogen-bond acceptors (Lipinski definition) is 7. The smallest absolute Gasteiger partial charge is 0.248 e. The van der Waals surface area contributed by atoms with E-state index in [4.69, 9.17) is 17.3 Å². The lowest BCUT2D eigenvalue weighted by Crippen LogP contribution is -2.59. The number of carbonyl (C=O) groups excluding carboxylic acids is 2. The van der Waals surface area contributed by atoms with Gasteiger partial charge in [-0.2, -0.15) is 0 Å². The number of halogens is 1. The number of amides is 2. The van der Waals surface area contributed by atoms with E-state index in [1.165, 1.54) is 28.6 Å². The lowest BCUT2D eigenvalue weighted by atomic mass is 10.1. The minimum atomic E-state index is -0.920. The Kier molecular flexibility index (Phi) is 6.17. The van der Waals surface area contributed by atoms with Gasteiger partial charge in [0.05, 0.1) is 17.1 Å². The van der Waals surface area contributed by atoms with Gasteiger partial charge in [0.25, 0.3) is 0 Å². The molecule has 160 valence electrons. The highest BCUT2D eigenvalue weighted by molar-refractivity contribution is 7.11. The first kappa shape index (κ1) is 21.2. The van der Waals surface area contributed by atoms with Crippen LogP contribution in [0, 0.1) is 0 Å². The van der Waals surface area contributed by atoms with Crippen molar-refractivity contribution in [1.82, 2.24) is 19.8 Å². The van der Waals surface area contributed by atoms with Crippen molar-refractivity contribution in [2.24, 2.45) is 0 Å². The number of nitrogens with zero attached hydrogens (tertiary/aromatic N) is 4. The Labute approximate surface area is 187 Å². The molecule has 2 amide bonds. The molecule has 1 atom stereocenters. The van der Waals surface area contributed by atoms with Crippen LogP contribution in [0.4, 0.5) is 5.82 Å². The van der Waals surface area contributed by atoms with Gasteiger partial charge in [-0.05, 0) is 29.8 Å². The van der Waals surface area contributed by atoms with Crippen LogP contribution < -0.4 is 5.73 Å². The van der Waals surface area contributed by atoms with Crippen molar-refractivity contribution in [3.8, 4) is 0 Å². The largest absolute Gasteiger partial charge is 0.394 e. The number of thiophene rings is 1. The highest BCUT2D eigenvalue weighted by Crippen LogP contribution is 2.22. The number of fused-ring (bicyclic) bond motifs is 1. The van der Waals surface area contributed by atoms with Gasteiger partial charge in [-0.15, -0.1) is 11.3 Å². The Bertz CT molecular complexity index is 1160. The van der Waals surface area contributed by atoms with Gasteiger partial charge in [0.2, 0.25) is 11.8 Å². The Morgan fingerprint density at radius 1 is 1.32 bits per heavy atom. The third kappa shape index (κ3) is 4.53. The SMILES string of the molecule is Nc1ncnc2cc(CN3CCN(C(=O)/C=C/c4cc(Cl)cs4)C(CO)C3=O)ccc12. The van der Waals surface area contributed by atoms with E-state index in [2.05, 4.69) is 9.97 Å². The molecule has 1 unspecified atom stereocenters. The molecule has 4 rings (SSSR count). The molecule has 8 nitrogen and oxygen atoms in total. The molecule has 10 heteroatoms. The molecular formula is C21H20ClN5O3S. The predicted octanol–water partition coefficient (Wildman–Crippen LogP) is 2.17. The second kappa shape index (κ2) is 9.01. The number of rotatable bonds is 5. The molecule has 3 N–H and O–H groups in total. The monoisotopic (exact) mass is 457 g/mol. The zero-order valence-electron chi connectivity index (χ0n) is 16.4. The quantitative estimate of drug-likeness (QED) is 0.568. The Balaban J connectivity index is 1.46. The van der Waals surface area contributed by atoms with E-state index in [9.17, 15) is 14.7 Å². The fraction of sp³-hybridized carbons (Fsp3) is 0.238. The molecule has 2 aromatic heterocycles. The van der Waals surface area contributed by atoms with Crippen molar-refractivity contribution in [3.05, 3.63) is 57.5 Å². The molecule has 0 spiro atoms. The maximum Gasteiger partial charge on any atom is 0.248 e. The van der Waals surface area contributed by atoms with E-state index in [1.807, 2.05) is 18.2 Å². The maximum absolute atomic E-state index is 13.0. The summed E-state index contributed by atoms with van der Waals surface area (Å²) in [5, 5.41) is 12.9. The molecule has 1 saturated heterocycles. The molecule has 1 aliphatic heterocycles. The topological polar surface area (TPSA) is 113 Å². The molecule has 1 aliphatic rings. The van der Waals surface area contributed by atoms with Crippen LogP contribution in [0.3, 0.4) is 0 Å². The highest BCUT2D eigenvalue weighted by Gasteiger charge is 2.36. The maximum atomic E-state index is 13.0. The van der Waals surface area contributed by atoms with E-state index in [0.717, 1.165) is 15.8 Å². The molecule has 3 heterocycles. The molecule has 31 heavy (non-hydrogen) atoms. The van der Waals surface area contributed by atoms with Crippen LogP contribution in [0.5, 0.6) is 0 Å². The summed E-state index contributed by atoms with van der Waals surface area (Å²) in [7, 11) is 0. The summed E-state index contributed by atoms with van der Waals surface area (Å²) in [6.07, 6.45) is 4.46. The fourth-order valence-electron chi connectivity index (χ4n) is 3.54. The fourth-order valence-corrected chi connectivity index (χ4v) is 4.52. The van der Waals surface area contributed by atoms with Gasteiger partial charge in [0.1, 0.15) is 18.2 Å². The first-order valence-corrected chi connectivity index (χ1v) is 10.8. The van der Waals surface area contributed by atoms with Crippen molar-refractivity contribution >= 4 is 57.5 Å². The lowest BCUT2D eigenvalue weighted by Gasteiger charge is -2.39. The summed E-state index contributed by atoms with van der Waals surface area (Å²) in [6, 6.07) is 6.40. The third-order valence-corrected chi connectivity index (χ3v) is 6.37. The summed E-state index contributed by atoms with van der Waals surface area (Å²) in [6.45, 7) is 0.597. The summed E-state index contributed by atoms with van der Waals surface area (Å²) >= 11 is 7.31. The number of hydrogen-bond donors (Lipinski definition) is 2. The number of anilines is 1. The molecule has 0 radical (unpaired) electrons. The number of nitrogens with two attached hydrogens (primary N) is 1. The molecule has 1 aromatic carbocycles. The normalized spacial score (nSPS) is 17.1. The van der Waals surface area contributed by atoms with E-state index >= 15 is 0 Å². The first-order chi connectivity index (χ1) is 15.0. The van der Waals surface area contributed by atoms with Crippen LogP contribution in [0.15, 0.2) is 42.0 Å². The van der Waals surface area contributed by atoms with Crippen molar-refractivity contribution in [3.63, 3.8) is 0 Å². The number of aliphatic hydroxyl groups is 1. The van der Waals surface area contributed by atoms with Crippen molar-refractivity contribution in [2.45, 2.75) is 12.6 Å². The van der Waals surface area contributed by atoms with Crippen LogP contribution in [-0.2, 0) is 16.1 Å². The zero-order chi connectivity index (χ0) is 22.0. The van der Waals surface area contributed by atoms with E-state index in [1.54, 1.807) is 22.4 Å². The number of benzene rings is 1. The first-order valence-electron chi connectivity index (χ1n) is 9.57. The van der Waals surface area contributed by atoms with Gasteiger partial charge < -0.3 is 20.6 Å². The summed E-state index contributed by atoms with van der Waals surface area (Å²) < 4.78 is 0. The van der Waals surface area contributed by atoms with Gasteiger partial charge >= 0.3 is 0 Å². The molecule has 0 bridgehead atoms. The summed E-state index contributed by atoms with van der Waals surface area (Å²) in [5.41, 5.74) is 7.44. The minimum absolute atomic E-state index is 0.294. The second-order valence-electron chi connectivity index (χ2n) is 7.10. The van der Waals surface area contributed by atoms with Crippen molar-refractivity contribution in [1.29, 1.82) is 0 Å². The molecular weight excluding hydrogens is 438 g/mol. The highest BCUT2D eigenvalue weighted by atomic mass is 35.5. The summed E-state index contributed by atoms with van der Waals surface area (Å²) in [5.74, 6) is -0.218. The van der Waals surface area contributed by atoms with Crippen molar-refractivity contribution < 1.29 is 14.7 Å². The average Bonchev–Trinajstić information content (AvgIpc) is 3.18. The van der Waals surface area contributed by atoms with Crippen molar-refractivity contribution in [2.75, 3.05) is 25.4 Å². The van der Waals surface area contributed by atoms with Gasteiger partial charge in [0.15, 0.2) is 0 Å². The van der Waals surface area contributed by atoms with E-state index in [0.29, 0.717) is 36.0 Å². The number of piperazine rings is 1. The number of aliphatic hydroxyl groups excluding tert-OH is 1. The molecule has 3 aromatic rings. The van der Waals surface area contributed by atoms with Gasteiger partial charge in [-0.1, -0.05) is 17.7 Å². The number of nitrogen functional groups attached to an aromatic ring is 1. The Hall–Kier alpha value is -3.01. The third-order valence-electron chi connectivity index (χ3n) is 5.12. The Morgan fingerprint density at radius 3 is 2.90 bits per heavy atom. The van der Waals surface area contributed by atoms with Crippen LogP contribution in [0.1, 0.15) is 10.4 Å². The zero-order valence-corrected chi connectivity index (χ0v) is 18.0. The average molecular weight is 458 g/mol. The number of aromatic nitrogens is 2. The van der Waals surface area contributed by atoms with Crippen LogP contribution in [-0.4, -0.2) is 62.4 Å². The van der Waals surface area contributed by atoms with Gasteiger partial charge in [0, 0.05) is 41.4 Å². The van der Waals surface area contributed by atoms with Crippen LogP contribution >= 0.6 is 22.9 Å². The predicted molar refractivity (Wildman–Crippen MR) is 120 cm³/mol. The van der Waals surface area contributed by atoms with Gasteiger partial charge in [-0.25, -0.2) is 9.97 Å². The second-order valence-corrected chi connectivity index (χ2v) is 8.48. The lowest BCUT2D eigenvalue weighted by molar-refractivity contribution is -0.151. The van der Waals surface area contributed by atoms with E-state index in [-0.39, 0.29) is 11.8 Å². The molecule has 0 aliphatic carbocycles. The molecule has 1 fully saturated rings. The minimum Gasteiger partial charge on any atom is -0.394 e. The molecule has 0 saturated carbocycles.